The molecule has 0 aliphatic heterocycles. The van der Waals surface area contributed by atoms with Crippen molar-refractivity contribution in [2.24, 2.45) is 18.0 Å². The Morgan fingerprint density at radius 2 is 1.67 bits per heavy atom. The Morgan fingerprint density at radius 3 is 2.26 bits per heavy atom. The molecule has 0 saturated carbocycles. The molecule has 1 heterocycles. The van der Waals surface area contributed by atoms with Gasteiger partial charge >= 0.3 is 5.97 Å². The van der Waals surface area contributed by atoms with Crippen LogP contribution in [0.4, 0.5) is 0 Å². The highest BCUT2D eigenvalue weighted by Crippen LogP contribution is 2.18. The summed E-state index contributed by atoms with van der Waals surface area (Å²) in [5, 5.41) is 2.07. The number of esters is 1. The van der Waals surface area contributed by atoms with Gasteiger partial charge in [0.25, 0.3) is 0 Å². The molecular weight excluding hydrogens is 356 g/mol. The lowest BCUT2D eigenvalue weighted by atomic mass is 9.95. The largest absolute Gasteiger partial charge is 0.461 e. The minimum absolute atomic E-state index is 0.163. The maximum atomic E-state index is 12.9. The summed E-state index contributed by atoms with van der Waals surface area (Å²) in [7, 11) is 3.77. The summed E-state index contributed by atoms with van der Waals surface area (Å²) < 4.78 is 7.69. The highest BCUT2D eigenvalue weighted by atomic mass is 32.1. The summed E-state index contributed by atoms with van der Waals surface area (Å²) in [6.07, 6.45) is 1.29. The predicted molar refractivity (Wildman–Crippen MR) is 108 cm³/mol. The van der Waals surface area contributed by atoms with Gasteiger partial charge in [0.15, 0.2) is 4.80 Å². The monoisotopic (exact) mass is 380 g/mol. The van der Waals surface area contributed by atoms with Crippen molar-refractivity contribution in [3.05, 3.63) is 87.7 Å². The van der Waals surface area contributed by atoms with Gasteiger partial charge in [-0.15, -0.1) is 11.3 Å². The molecular formula is C22H24N2O2S. The van der Waals surface area contributed by atoms with Crippen molar-refractivity contribution in [1.29, 1.82) is 0 Å². The van der Waals surface area contributed by atoms with Crippen molar-refractivity contribution in [3.63, 3.8) is 0 Å². The zero-order valence-corrected chi connectivity index (χ0v) is 16.5. The second-order valence-electron chi connectivity index (χ2n) is 6.48. The number of carbonyl (C=O) groups is 1. The van der Waals surface area contributed by atoms with Crippen molar-refractivity contribution in [3.8, 4) is 0 Å². The van der Waals surface area contributed by atoms with Crippen LogP contribution in [0.2, 0.25) is 0 Å². The molecule has 0 aliphatic rings. The first-order valence-electron chi connectivity index (χ1n) is 8.98. The zero-order chi connectivity index (χ0) is 19.1. The first kappa shape index (κ1) is 19.1. The second-order valence-corrected chi connectivity index (χ2v) is 7.31. The van der Waals surface area contributed by atoms with Crippen molar-refractivity contribution < 1.29 is 9.53 Å². The van der Waals surface area contributed by atoms with E-state index in [1.807, 2.05) is 60.1 Å². The summed E-state index contributed by atoms with van der Waals surface area (Å²) in [4.78, 5) is 18.1. The Labute approximate surface area is 163 Å². The van der Waals surface area contributed by atoms with Gasteiger partial charge in [-0.2, -0.15) is 0 Å². The fourth-order valence-corrected chi connectivity index (χ4v) is 3.90. The van der Waals surface area contributed by atoms with Gasteiger partial charge < -0.3 is 9.30 Å². The lowest BCUT2D eigenvalue weighted by molar-refractivity contribution is -0.149. The van der Waals surface area contributed by atoms with Gasteiger partial charge in [0.05, 0.1) is 5.92 Å². The van der Waals surface area contributed by atoms with Crippen LogP contribution >= 0.6 is 11.3 Å². The fourth-order valence-electron chi connectivity index (χ4n) is 3.03. The van der Waals surface area contributed by atoms with E-state index >= 15 is 0 Å². The third-order valence-corrected chi connectivity index (χ3v) is 5.60. The minimum atomic E-state index is -0.235. The SMILES string of the molecule is CN=c1scc(C[C@@H](Cc2ccccc2)C(=O)OCc2ccccc2)n1C. The molecule has 0 spiro atoms. The molecule has 3 aromatic rings. The van der Waals surface area contributed by atoms with Crippen LogP contribution in [0.1, 0.15) is 16.8 Å². The van der Waals surface area contributed by atoms with E-state index in [4.69, 9.17) is 4.74 Å². The Balaban J connectivity index is 1.76. The number of ether oxygens (including phenoxy) is 1. The number of thiazole rings is 1. The van der Waals surface area contributed by atoms with Gasteiger partial charge in [0.2, 0.25) is 0 Å². The number of nitrogens with zero attached hydrogens (tertiary/aromatic N) is 2. The second kappa shape index (κ2) is 9.33. The molecule has 0 bridgehead atoms. The molecule has 1 atom stereocenters. The lowest BCUT2D eigenvalue weighted by Crippen LogP contribution is -2.24. The number of hydrogen-bond acceptors (Lipinski definition) is 4. The van der Waals surface area contributed by atoms with Crippen LogP contribution in [0.15, 0.2) is 71.0 Å². The maximum Gasteiger partial charge on any atom is 0.310 e. The van der Waals surface area contributed by atoms with Crippen molar-refractivity contribution in [2.75, 3.05) is 7.05 Å². The number of rotatable bonds is 7. The Kier molecular flexibility index (Phi) is 6.60. The molecule has 5 heteroatoms. The Morgan fingerprint density at radius 1 is 1.04 bits per heavy atom. The average Bonchev–Trinajstić information content (AvgIpc) is 3.06. The van der Waals surface area contributed by atoms with Crippen LogP contribution < -0.4 is 4.80 Å². The van der Waals surface area contributed by atoms with E-state index in [9.17, 15) is 4.79 Å². The van der Waals surface area contributed by atoms with Gasteiger partial charge in [0.1, 0.15) is 6.61 Å². The fraction of sp³-hybridized carbons (Fsp3) is 0.273. The van der Waals surface area contributed by atoms with Gasteiger partial charge in [-0.1, -0.05) is 60.7 Å². The first-order valence-corrected chi connectivity index (χ1v) is 9.86. The highest BCUT2D eigenvalue weighted by molar-refractivity contribution is 7.07. The van der Waals surface area contributed by atoms with Crippen molar-refractivity contribution in [1.82, 2.24) is 4.57 Å². The molecule has 0 radical (unpaired) electrons. The lowest BCUT2D eigenvalue weighted by Gasteiger charge is -2.17. The molecule has 0 amide bonds. The van der Waals surface area contributed by atoms with Gasteiger partial charge in [-0.3, -0.25) is 9.79 Å². The van der Waals surface area contributed by atoms with Crippen LogP contribution in [0.25, 0.3) is 0 Å². The summed E-state index contributed by atoms with van der Waals surface area (Å²) in [5.74, 6) is -0.398. The van der Waals surface area contributed by atoms with Crippen LogP contribution in [0.5, 0.6) is 0 Å². The molecule has 2 aromatic carbocycles. The van der Waals surface area contributed by atoms with Gasteiger partial charge in [-0.05, 0) is 17.5 Å². The quantitative estimate of drug-likeness (QED) is 0.586. The topological polar surface area (TPSA) is 43.6 Å². The van der Waals surface area contributed by atoms with Crippen LogP contribution in [-0.4, -0.2) is 17.6 Å². The van der Waals surface area contributed by atoms with E-state index < -0.39 is 0 Å². The van der Waals surface area contributed by atoms with Crippen molar-refractivity contribution >= 4 is 17.3 Å². The molecule has 27 heavy (non-hydrogen) atoms. The summed E-state index contributed by atoms with van der Waals surface area (Å²) >= 11 is 1.59. The molecule has 0 aliphatic carbocycles. The van der Waals surface area contributed by atoms with E-state index in [2.05, 4.69) is 22.5 Å². The maximum absolute atomic E-state index is 12.9. The average molecular weight is 381 g/mol. The van der Waals surface area contributed by atoms with Gasteiger partial charge in [0, 0.05) is 31.6 Å². The molecule has 140 valence electrons. The van der Waals surface area contributed by atoms with E-state index in [0.29, 0.717) is 19.4 Å². The zero-order valence-electron chi connectivity index (χ0n) is 15.7. The third kappa shape index (κ3) is 5.17. The van der Waals surface area contributed by atoms with Crippen molar-refractivity contribution in [2.45, 2.75) is 19.4 Å². The number of carbonyl (C=O) groups excluding carboxylic acids is 1. The standard InChI is InChI=1S/C22H24N2O2S/c1-23-22-24(2)20(16-27-22)14-19(13-17-9-5-3-6-10-17)21(25)26-15-18-11-7-4-8-12-18/h3-12,16,19H,13-15H2,1-2H3/t19-/m1/s1. The number of benzene rings is 2. The van der Waals surface area contributed by atoms with E-state index in [1.165, 1.54) is 0 Å². The normalized spacial score (nSPS) is 12.7. The highest BCUT2D eigenvalue weighted by Gasteiger charge is 2.23. The van der Waals surface area contributed by atoms with E-state index in [-0.39, 0.29) is 11.9 Å². The summed E-state index contributed by atoms with van der Waals surface area (Å²) in [6, 6.07) is 19.9. The van der Waals surface area contributed by atoms with Crippen LogP contribution in [-0.2, 0) is 36.0 Å². The predicted octanol–water partition coefficient (Wildman–Crippen LogP) is 3.76. The molecule has 0 unspecified atom stereocenters. The van der Waals surface area contributed by atoms with Gasteiger partial charge in [-0.25, -0.2) is 0 Å². The molecule has 3 rings (SSSR count). The van der Waals surface area contributed by atoms with Crippen LogP contribution in [0.3, 0.4) is 0 Å². The summed E-state index contributed by atoms with van der Waals surface area (Å²) in [5.41, 5.74) is 3.23. The Bertz CT molecular complexity index is 930. The number of aromatic nitrogens is 1. The molecule has 4 nitrogen and oxygen atoms in total. The minimum Gasteiger partial charge on any atom is -0.461 e. The van der Waals surface area contributed by atoms with E-state index in [0.717, 1.165) is 21.6 Å². The Hall–Kier alpha value is -2.66. The molecule has 0 N–H and O–H groups in total. The van der Waals surface area contributed by atoms with Crippen LogP contribution in [0, 0.1) is 5.92 Å². The summed E-state index contributed by atoms with van der Waals surface area (Å²) in [6.45, 7) is 0.302. The molecule has 1 aromatic heterocycles. The molecule has 0 saturated heterocycles. The smallest absolute Gasteiger partial charge is 0.310 e. The van der Waals surface area contributed by atoms with E-state index in [1.54, 1.807) is 18.4 Å². The number of hydrogen-bond donors (Lipinski definition) is 0. The first-order chi connectivity index (χ1) is 13.2. The molecule has 0 fully saturated rings. The third-order valence-electron chi connectivity index (χ3n) is 4.55.